The van der Waals surface area contributed by atoms with Gasteiger partial charge in [-0.05, 0) is 37.0 Å². The Kier molecular flexibility index (Phi) is 4.22. The van der Waals surface area contributed by atoms with E-state index >= 15 is 0 Å². The van der Waals surface area contributed by atoms with E-state index in [0.717, 1.165) is 37.0 Å². The van der Waals surface area contributed by atoms with Crippen LogP contribution in [0, 0.1) is 5.82 Å². The predicted octanol–water partition coefficient (Wildman–Crippen LogP) is 3.74. The van der Waals surface area contributed by atoms with Crippen molar-refractivity contribution in [2.75, 3.05) is 6.54 Å². The van der Waals surface area contributed by atoms with Crippen LogP contribution in [0.4, 0.5) is 4.39 Å². The fourth-order valence-corrected chi connectivity index (χ4v) is 2.97. The Bertz CT molecular complexity index is 651. The highest BCUT2D eigenvalue weighted by Crippen LogP contribution is 2.33. The van der Waals surface area contributed by atoms with E-state index < -0.39 is 0 Å². The van der Waals surface area contributed by atoms with Gasteiger partial charge in [-0.2, -0.15) is 0 Å². The summed E-state index contributed by atoms with van der Waals surface area (Å²) in [5.74, 6) is 0.363. The number of nitrogens with zero attached hydrogens (tertiary/aromatic N) is 2. The summed E-state index contributed by atoms with van der Waals surface area (Å²) in [7, 11) is 0. The third kappa shape index (κ3) is 2.89. The zero-order valence-corrected chi connectivity index (χ0v) is 12.6. The molecule has 0 aliphatic carbocycles. The number of hydrogen-bond donors (Lipinski definition) is 0. The maximum absolute atomic E-state index is 13.1. The van der Waals surface area contributed by atoms with Crippen LogP contribution in [0.5, 0.6) is 0 Å². The van der Waals surface area contributed by atoms with Crippen LogP contribution < -0.4 is 0 Å². The van der Waals surface area contributed by atoms with Crippen molar-refractivity contribution >= 4 is 5.91 Å². The Morgan fingerprint density at radius 3 is 2.91 bits per heavy atom. The molecule has 2 heterocycles. The van der Waals surface area contributed by atoms with Crippen LogP contribution >= 0.6 is 0 Å². The first-order chi connectivity index (χ1) is 10.7. The van der Waals surface area contributed by atoms with Crippen molar-refractivity contribution in [1.29, 1.82) is 0 Å². The number of hydrogen-bond acceptors (Lipinski definition) is 3. The Morgan fingerprint density at radius 2 is 2.18 bits per heavy atom. The SMILES string of the molecule is CCCc1cc(C(=O)N2CCCC2c2ccc(F)cc2)no1. The van der Waals surface area contributed by atoms with Gasteiger partial charge in [-0.1, -0.05) is 24.2 Å². The second-order valence-corrected chi connectivity index (χ2v) is 5.64. The van der Waals surface area contributed by atoms with Crippen LogP contribution in [0.15, 0.2) is 34.9 Å². The zero-order valence-electron chi connectivity index (χ0n) is 12.6. The standard InChI is InChI=1S/C17H19FN2O2/c1-2-4-14-11-15(19-22-14)17(21)20-10-3-5-16(20)12-6-8-13(18)9-7-12/h6-9,11,16H,2-5,10H2,1H3. The van der Waals surface area contributed by atoms with E-state index in [0.29, 0.717) is 12.2 Å². The number of rotatable bonds is 4. The molecule has 0 radical (unpaired) electrons. The van der Waals surface area contributed by atoms with E-state index in [1.54, 1.807) is 23.1 Å². The summed E-state index contributed by atoms with van der Waals surface area (Å²) in [5.41, 5.74) is 1.32. The summed E-state index contributed by atoms with van der Waals surface area (Å²) < 4.78 is 18.3. The molecule has 22 heavy (non-hydrogen) atoms. The third-order valence-corrected chi connectivity index (χ3v) is 4.04. The zero-order chi connectivity index (χ0) is 15.5. The summed E-state index contributed by atoms with van der Waals surface area (Å²) >= 11 is 0. The molecule has 1 amide bonds. The number of halogens is 1. The van der Waals surface area contributed by atoms with Crippen LogP contribution in [0.25, 0.3) is 0 Å². The van der Waals surface area contributed by atoms with Gasteiger partial charge in [-0.15, -0.1) is 0 Å². The van der Waals surface area contributed by atoms with Crippen molar-refractivity contribution < 1.29 is 13.7 Å². The quantitative estimate of drug-likeness (QED) is 0.864. The number of aromatic nitrogens is 1. The number of likely N-dealkylation sites (tertiary alicyclic amines) is 1. The Hall–Kier alpha value is -2.17. The topological polar surface area (TPSA) is 46.3 Å². The highest BCUT2D eigenvalue weighted by molar-refractivity contribution is 5.92. The second kappa shape index (κ2) is 6.30. The van der Waals surface area contributed by atoms with Gasteiger partial charge in [0.2, 0.25) is 0 Å². The molecule has 4 nitrogen and oxygen atoms in total. The van der Waals surface area contributed by atoms with E-state index in [-0.39, 0.29) is 17.8 Å². The number of benzene rings is 1. The summed E-state index contributed by atoms with van der Waals surface area (Å²) in [6.07, 6.45) is 3.55. The monoisotopic (exact) mass is 302 g/mol. The molecule has 116 valence electrons. The second-order valence-electron chi connectivity index (χ2n) is 5.64. The van der Waals surface area contributed by atoms with E-state index in [9.17, 15) is 9.18 Å². The predicted molar refractivity (Wildman–Crippen MR) is 79.9 cm³/mol. The van der Waals surface area contributed by atoms with Crippen LogP contribution in [-0.4, -0.2) is 22.5 Å². The third-order valence-electron chi connectivity index (χ3n) is 4.04. The number of carbonyl (C=O) groups is 1. The Labute approximate surface area is 128 Å². The van der Waals surface area contributed by atoms with Gasteiger partial charge in [0.05, 0.1) is 6.04 Å². The van der Waals surface area contributed by atoms with Gasteiger partial charge in [0, 0.05) is 19.0 Å². The first-order valence-corrected chi connectivity index (χ1v) is 7.71. The lowest BCUT2D eigenvalue weighted by molar-refractivity contribution is 0.0725. The van der Waals surface area contributed by atoms with Gasteiger partial charge >= 0.3 is 0 Å². The Morgan fingerprint density at radius 1 is 1.41 bits per heavy atom. The maximum Gasteiger partial charge on any atom is 0.276 e. The molecule has 0 spiro atoms. The Balaban J connectivity index is 1.79. The largest absolute Gasteiger partial charge is 0.361 e. The van der Waals surface area contributed by atoms with Crippen molar-refractivity contribution in [3.63, 3.8) is 0 Å². The van der Waals surface area contributed by atoms with Gasteiger partial charge in [0.15, 0.2) is 5.69 Å². The van der Waals surface area contributed by atoms with Gasteiger partial charge in [0.1, 0.15) is 11.6 Å². The van der Waals surface area contributed by atoms with Crippen LogP contribution in [0.2, 0.25) is 0 Å². The number of amides is 1. The molecule has 1 aromatic heterocycles. The smallest absolute Gasteiger partial charge is 0.276 e. The van der Waals surface area contributed by atoms with Gasteiger partial charge in [-0.3, -0.25) is 4.79 Å². The van der Waals surface area contributed by atoms with Crippen molar-refractivity contribution in [3.05, 3.63) is 53.2 Å². The van der Waals surface area contributed by atoms with Crippen molar-refractivity contribution in [2.45, 2.75) is 38.6 Å². The minimum Gasteiger partial charge on any atom is -0.361 e. The highest BCUT2D eigenvalue weighted by Gasteiger charge is 2.32. The molecule has 1 aromatic carbocycles. The molecule has 1 fully saturated rings. The molecular weight excluding hydrogens is 283 g/mol. The summed E-state index contributed by atoms with van der Waals surface area (Å²) in [5, 5.41) is 3.90. The van der Waals surface area contributed by atoms with Crippen molar-refractivity contribution in [1.82, 2.24) is 10.1 Å². The molecule has 0 N–H and O–H groups in total. The first-order valence-electron chi connectivity index (χ1n) is 7.71. The average Bonchev–Trinajstić information content (AvgIpc) is 3.17. The van der Waals surface area contributed by atoms with Gasteiger partial charge in [-0.25, -0.2) is 4.39 Å². The molecule has 5 heteroatoms. The molecular formula is C17H19FN2O2. The van der Waals surface area contributed by atoms with Crippen LogP contribution in [0.3, 0.4) is 0 Å². The van der Waals surface area contributed by atoms with Gasteiger partial charge < -0.3 is 9.42 Å². The fourth-order valence-electron chi connectivity index (χ4n) is 2.97. The fraction of sp³-hybridized carbons (Fsp3) is 0.412. The minimum atomic E-state index is -0.264. The lowest BCUT2D eigenvalue weighted by Gasteiger charge is -2.24. The maximum atomic E-state index is 13.1. The molecule has 1 aliphatic heterocycles. The van der Waals surface area contributed by atoms with E-state index in [4.69, 9.17) is 4.52 Å². The number of carbonyl (C=O) groups excluding carboxylic acids is 1. The van der Waals surface area contributed by atoms with E-state index in [1.807, 2.05) is 0 Å². The molecule has 3 rings (SSSR count). The summed E-state index contributed by atoms with van der Waals surface area (Å²) in [6.45, 7) is 2.74. The average molecular weight is 302 g/mol. The molecule has 1 aliphatic rings. The summed E-state index contributed by atoms with van der Waals surface area (Å²) in [4.78, 5) is 14.5. The van der Waals surface area contributed by atoms with E-state index in [1.165, 1.54) is 12.1 Å². The molecule has 1 saturated heterocycles. The normalized spacial score (nSPS) is 17.9. The van der Waals surface area contributed by atoms with Crippen LogP contribution in [0.1, 0.15) is 54.0 Å². The van der Waals surface area contributed by atoms with E-state index in [2.05, 4.69) is 12.1 Å². The lowest BCUT2D eigenvalue weighted by atomic mass is 10.0. The first kappa shape index (κ1) is 14.8. The van der Waals surface area contributed by atoms with Crippen molar-refractivity contribution in [3.8, 4) is 0 Å². The molecule has 1 atom stereocenters. The molecule has 1 unspecified atom stereocenters. The van der Waals surface area contributed by atoms with Gasteiger partial charge in [0.25, 0.3) is 5.91 Å². The highest BCUT2D eigenvalue weighted by atomic mass is 19.1. The lowest BCUT2D eigenvalue weighted by Crippen LogP contribution is -2.30. The summed E-state index contributed by atoms with van der Waals surface area (Å²) in [6, 6.07) is 8.08. The molecule has 2 aromatic rings. The van der Waals surface area contributed by atoms with Crippen molar-refractivity contribution in [2.24, 2.45) is 0 Å². The minimum absolute atomic E-state index is 0.0144. The molecule has 0 saturated carbocycles. The number of aryl methyl sites for hydroxylation is 1. The molecule has 0 bridgehead atoms. The van der Waals surface area contributed by atoms with Crippen LogP contribution in [-0.2, 0) is 6.42 Å².